The van der Waals surface area contributed by atoms with Crippen LogP contribution in [0.1, 0.15) is 0 Å². The average Bonchev–Trinajstić information content (AvgIpc) is 3.91. The molecule has 0 aliphatic rings. The molecule has 11 aromatic rings. The molecule has 0 unspecified atom stereocenters. The molecule has 0 radical (unpaired) electrons. The molecule has 7 aromatic carbocycles. The fourth-order valence-electron chi connectivity index (χ4n) is 7.60. The molecule has 0 fully saturated rings. The van der Waals surface area contributed by atoms with Crippen LogP contribution in [0, 0.1) is 0 Å². The van der Waals surface area contributed by atoms with Crippen LogP contribution in [0.5, 0.6) is 0 Å². The molecule has 0 aliphatic carbocycles. The summed E-state index contributed by atoms with van der Waals surface area (Å²) >= 11 is 1.69. The number of rotatable bonds is 5. The number of benzene rings is 7. The van der Waals surface area contributed by atoms with Gasteiger partial charge in [0.05, 0.1) is 32.3 Å². The predicted octanol–water partition coefficient (Wildman–Crippen LogP) is 11.7. The van der Waals surface area contributed by atoms with Crippen LogP contribution in [0.3, 0.4) is 0 Å². The summed E-state index contributed by atoms with van der Waals surface area (Å²) < 4.78 is 5.60. The lowest BCUT2D eigenvalue weighted by Gasteiger charge is -2.11. The highest BCUT2D eigenvalue weighted by Crippen LogP contribution is 2.37. The van der Waals surface area contributed by atoms with Gasteiger partial charge in [0.1, 0.15) is 5.01 Å². The lowest BCUT2D eigenvalue weighted by molar-refractivity contribution is 0.954. The summed E-state index contributed by atoms with van der Waals surface area (Å²) in [5.74, 6) is 1.76. The van der Waals surface area contributed by atoms with E-state index in [9.17, 15) is 0 Å². The fraction of sp³-hybridized carbons (Fsp3) is 0. The van der Waals surface area contributed by atoms with Gasteiger partial charge in [-0.2, -0.15) is 9.97 Å². The number of nitrogens with zero attached hydrogens (tertiary/aromatic N) is 6. The predicted molar refractivity (Wildman–Crippen MR) is 218 cm³/mol. The van der Waals surface area contributed by atoms with Gasteiger partial charge in [-0.05, 0) is 66.7 Å². The van der Waals surface area contributed by atoms with Gasteiger partial charge in [0, 0.05) is 43.9 Å². The maximum absolute atomic E-state index is 5.25. The zero-order valence-electron chi connectivity index (χ0n) is 28.3. The average molecular weight is 697 g/mol. The van der Waals surface area contributed by atoms with Crippen molar-refractivity contribution in [1.82, 2.24) is 29.1 Å². The van der Waals surface area contributed by atoms with Crippen molar-refractivity contribution in [3.05, 3.63) is 170 Å². The standard InChI is InChI=1S/C46H28N6S/c1-3-13-29(14-4-1)45-47-37-28-31(24-26-42(37)53-45)44-48-43(49-46(50-44)52-39-21-11-7-17-33(39)34-18-8-12-22-40(34)52)30-23-25-41-36(27-30)35-19-9-10-20-38(35)51(41)32-15-5-2-6-16-32/h1-28H. The van der Waals surface area contributed by atoms with Crippen molar-refractivity contribution in [3.8, 4) is 45.0 Å². The molecule has 53 heavy (non-hydrogen) atoms. The van der Waals surface area contributed by atoms with E-state index in [1.165, 1.54) is 5.39 Å². The van der Waals surface area contributed by atoms with Crippen molar-refractivity contribution in [1.29, 1.82) is 0 Å². The van der Waals surface area contributed by atoms with Crippen LogP contribution < -0.4 is 0 Å². The van der Waals surface area contributed by atoms with E-state index in [0.717, 1.165) is 75.8 Å². The molecule has 0 amide bonds. The summed E-state index contributed by atoms with van der Waals surface area (Å²) in [5, 5.41) is 5.61. The largest absolute Gasteiger partial charge is 0.309 e. The molecule has 0 spiro atoms. The normalized spacial score (nSPS) is 11.8. The third-order valence-electron chi connectivity index (χ3n) is 10.0. The second-order valence-electron chi connectivity index (χ2n) is 13.1. The van der Waals surface area contributed by atoms with Gasteiger partial charge in [-0.1, -0.05) is 103 Å². The van der Waals surface area contributed by atoms with Crippen LogP contribution in [0.25, 0.3) is 98.8 Å². The quantitative estimate of drug-likeness (QED) is 0.180. The Morgan fingerprint density at radius 1 is 0.377 bits per heavy atom. The number of thiazole rings is 1. The van der Waals surface area contributed by atoms with Crippen LogP contribution in [-0.2, 0) is 0 Å². The van der Waals surface area contributed by atoms with Crippen LogP contribution in [0.15, 0.2) is 170 Å². The molecule has 0 saturated heterocycles. The molecule has 0 saturated carbocycles. The highest BCUT2D eigenvalue weighted by atomic mass is 32.1. The third-order valence-corrected chi connectivity index (χ3v) is 11.1. The molecule has 4 heterocycles. The Balaban J connectivity index is 1.15. The highest BCUT2D eigenvalue weighted by Gasteiger charge is 2.20. The smallest absolute Gasteiger partial charge is 0.238 e. The van der Waals surface area contributed by atoms with Gasteiger partial charge in [-0.25, -0.2) is 9.97 Å². The Kier molecular flexibility index (Phi) is 6.62. The molecule has 0 bridgehead atoms. The van der Waals surface area contributed by atoms with Gasteiger partial charge in [-0.3, -0.25) is 4.57 Å². The van der Waals surface area contributed by atoms with Gasteiger partial charge in [0.15, 0.2) is 11.6 Å². The molecule has 0 atom stereocenters. The summed E-state index contributed by atoms with van der Waals surface area (Å²) in [4.78, 5) is 20.7. The molecule has 0 N–H and O–H groups in total. The first-order valence-corrected chi connectivity index (χ1v) is 18.4. The summed E-state index contributed by atoms with van der Waals surface area (Å²) in [7, 11) is 0. The van der Waals surface area contributed by atoms with E-state index in [1.807, 2.05) is 18.2 Å². The molecule has 6 nitrogen and oxygen atoms in total. The topological polar surface area (TPSA) is 61.4 Å². The van der Waals surface area contributed by atoms with E-state index in [0.29, 0.717) is 17.6 Å². The number of fused-ring (bicyclic) bond motifs is 7. The minimum absolute atomic E-state index is 0.567. The van der Waals surface area contributed by atoms with Crippen molar-refractivity contribution in [2.75, 3.05) is 0 Å². The highest BCUT2D eigenvalue weighted by molar-refractivity contribution is 7.21. The lowest BCUT2D eigenvalue weighted by atomic mass is 10.1. The summed E-state index contributed by atoms with van der Waals surface area (Å²) in [6, 6.07) is 59.2. The maximum atomic E-state index is 5.25. The van der Waals surface area contributed by atoms with E-state index in [1.54, 1.807) is 11.3 Å². The molecule has 4 aromatic heterocycles. The second-order valence-corrected chi connectivity index (χ2v) is 14.2. The van der Waals surface area contributed by atoms with Gasteiger partial charge in [0.2, 0.25) is 5.95 Å². The number of hydrogen-bond donors (Lipinski definition) is 0. The Labute approximate surface area is 307 Å². The van der Waals surface area contributed by atoms with Crippen molar-refractivity contribution in [2.45, 2.75) is 0 Å². The SMILES string of the molecule is c1ccc(-c2nc3cc(-c4nc(-c5ccc6c(c5)c5ccccc5n6-c5ccccc5)nc(-n5c6ccccc6c6ccccc65)n4)ccc3s2)cc1. The lowest BCUT2D eigenvalue weighted by Crippen LogP contribution is -2.06. The van der Waals surface area contributed by atoms with Crippen molar-refractivity contribution >= 4 is 65.2 Å². The number of hydrogen-bond acceptors (Lipinski definition) is 5. The molecule has 0 aliphatic heterocycles. The van der Waals surface area contributed by atoms with Crippen LogP contribution in [0.4, 0.5) is 0 Å². The Hall–Kier alpha value is -6.96. The number of aromatic nitrogens is 6. The molecular weight excluding hydrogens is 669 g/mol. The van der Waals surface area contributed by atoms with Crippen LogP contribution in [-0.4, -0.2) is 29.1 Å². The first-order valence-electron chi connectivity index (χ1n) is 17.6. The van der Waals surface area contributed by atoms with Crippen LogP contribution >= 0.6 is 11.3 Å². The first kappa shape index (κ1) is 29.7. The minimum atomic E-state index is 0.567. The Morgan fingerprint density at radius 3 is 1.58 bits per heavy atom. The van der Waals surface area contributed by atoms with Gasteiger partial charge in [0.25, 0.3) is 0 Å². The summed E-state index contributed by atoms with van der Waals surface area (Å²) in [5.41, 5.74) is 9.31. The third kappa shape index (κ3) is 4.79. The van der Waals surface area contributed by atoms with Crippen molar-refractivity contribution < 1.29 is 0 Å². The van der Waals surface area contributed by atoms with E-state index < -0.39 is 0 Å². The Bertz CT molecular complexity index is 3120. The van der Waals surface area contributed by atoms with E-state index >= 15 is 0 Å². The molecule has 7 heteroatoms. The van der Waals surface area contributed by atoms with E-state index in [2.05, 4.69) is 161 Å². The maximum Gasteiger partial charge on any atom is 0.238 e. The zero-order valence-corrected chi connectivity index (χ0v) is 29.1. The summed E-state index contributed by atoms with van der Waals surface area (Å²) in [6.07, 6.45) is 0. The second kappa shape index (κ2) is 11.8. The molecule has 248 valence electrons. The fourth-order valence-corrected chi connectivity index (χ4v) is 8.55. The number of para-hydroxylation sites is 4. The zero-order chi connectivity index (χ0) is 34.9. The molecule has 11 rings (SSSR count). The van der Waals surface area contributed by atoms with Gasteiger partial charge >= 0.3 is 0 Å². The first-order chi connectivity index (χ1) is 26.3. The van der Waals surface area contributed by atoms with Gasteiger partial charge < -0.3 is 4.57 Å². The van der Waals surface area contributed by atoms with Crippen molar-refractivity contribution in [3.63, 3.8) is 0 Å². The Morgan fingerprint density at radius 2 is 0.906 bits per heavy atom. The van der Waals surface area contributed by atoms with E-state index in [-0.39, 0.29) is 0 Å². The minimum Gasteiger partial charge on any atom is -0.309 e. The molecular formula is C46H28N6S. The van der Waals surface area contributed by atoms with Crippen molar-refractivity contribution in [2.24, 2.45) is 0 Å². The monoisotopic (exact) mass is 696 g/mol. The van der Waals surface area contributed by atoms with Gasteiger partial charge in [-0.15, -0.1) is 11.3 Å². The van der Waals surface area contributed by atoms with Crippen LogP contribution in [0.2, 0.25) is 0 Å². The summed E-state index contributed by atoms with van der Waals surface area (Å²) in [6.45, 7) is 0. The van der Waals surface area contributed by atoms with E-state index in [4.69, 9.17) is 19.9 Å².